The van der Waals surface area contributed by atoms with Gasteiger partial charge in [0.1, 0.15) is 0 Å². The van der Waals surface area contributed by atoms with E-state index in [-0.39, 0.29) is 0 Å². The van der Waals surface area contributed by atoms with E-state index in [1.54, 1.807) is 11.3 Å². The Balaban J connectivity index is 2.54. The molecule has 3 heteroatoms. The molecule has 0 bridgehead atoms. The van der Waals surface area contributed by atoms with Crippen LogP contribution in [0, 0.1) is 0 Å². The standard InChI is InChI=1S/C14H21BrOS/c1-4-14(16,5-2)10-6-7-11(3)12-8-9-13(15)17-12/h7-9,16H,4-6,10H2,1-3H3/b11-7+. The van der Waals surface area contributed by atoms with Crippen molar-refractivity contribution in [3.8, 4) is 0 Å². The molecule has 0 atom stereocenters. The first-order valence-corrected chi connectivity index (χ1v) is 7.76. The van der Waals surface area contributed by atoms with Crippen molar-refractivity contribution in [3.05, 3.63) is 26.9 Å². The number of aliphatic hydroxyl groups is 1. The molecule has 1 aromatic rings. The minimum atomic E-state index is -0.479. The third-order valence-corrected chi connectivity index (χ3v) is 5.10. The summed E-state index contributed by atoms with van der Waals surface area (Å²) in [6, 6.07) is 4.21. The molecule has 1 heterocycles. The van der Waals surface area contributed by atoms with Gasteiger partial charge in [0.05, 0.1) is 9.39 Å². The van der Waals surface area contributed by atoms with E-state index >= 15 is 0 Å². The summed E-state index contributed by atoms with van der Waals surface area (Å²) >= 11 is 5.23. The van der Waals surface area contributed by atoms with Gasteiger partial charge in [-0.25, -0.2) is 0 Å². The molecule has 0 aromatic carbocycles. The maximum absolute atomic E-state index is 10.2. The predicted molar refractivity (Wildman–Crippen MR) is 80.4 cm³/mol. The van der Waals surface area contributed by atoms with Crippen LogP contribution in [0.5, 0.6) is 0 Å². The van der Waals surface area contributed by atoms with E-state index in [1.807, 2.05) is 0 Å². The smallest absolute Gasteiger partial charge is 0.0704 e. The van der Waals surface area contributed by atoms with Crippen LogP contribution in [0.25, 0.3) is 5.57 Å². The molecule has 1 nitrogen and oxygen atoms in total. The van der Waals surface area contributed by atoms with Gasteiger partial charge >= 0.3 is 0 Å². The highest BCUT2D eigenvalue weighted by molar-refractivity contribution is 9.11. The molecule has 0 aliphatic carbocycles. The number of rotatable bonds is 6. The molecule has 1 N–H and O–H groups in total. The highest BCUT2D eigenvalue weighted by atomic mass is 79.9. The lowest BCUT2D eigenvalue weighted by molar-refractivity contribution is 0.0246. The fraction of sp³-hybridized carbons (Fsp3) is 0.571. The van der Waals surface area contributed by atoms with E-state index in [0.717, 1.165) is 25.7 Å². The van der Waals surface area contributed by atoms with Gasteiger partial charge in [-0.15, -0.1) is 11.3 Å². The summed E-state index contributed by atoms with van der Waals surface area (Å²) in [5, 5.41) is 10.2. The molecule has 17 heavy (non-hydrogen) atoms. The van der Waals surface area contributed by atoms with Crippen molar-refractivity contribution < 1.29 is 5.11 Å². The lowest BCUT2D eigenvalue weighted by atomic mass is 9.91. The van der Waals surface area contributed by atoms with E-state index in [2.05, 4.69) is 54.9 Å². The Morgan fingerprint density at radius 2 is 2.06 bits per heavy atom. The molecule has 0 radical (unpaired) electrons. The van der Waals surface area contributed by atoms with Gasteiger partial charge < -0.3 is 5.11 Å². The van der Waals surface area contributed by atoms with Crippen LogP contribution in [-0.4, -0.2) is 10.7 Å². The topological polar surface area (TPSA) is 20.2 Å². The van der Waals surface area contributed by atoms with Gasteiger partial charge in [0.15, 0.2) is 0 Å². The maximum Gasteiger partial charge on any atom is 0.0704 e. The second-order valence-corrected chi connectivity index (χ2v) is 6.92. The van der Waals surface area contributed by atoms with Crippen molar-refractivity contribution in [2.45, 2.75) is 52.1 Å². The zero-order valence-corrected chi connectivity index (χ0v) is 13.2. The Morgan fingerprint density at radius 1 is 1.41 bits per heavy atom. The largest absolute Gasteiger partial charge is 0.390 e. The van der Waals surface area contributed by atoms with Crippen LogP contribution >= 0.6 is 27.3 Å². The molecule has 0 aliphatic rings. The molecule has 0 aliphatic heterocycles. The lowest BCUT2D eigenvalue weighted by Gasteiger charge is -2.24. The van der Waals surface area contributed by atoms with Crippen LogP contribution in [-0.2, 0) is 0 Å². The first-order chi connectivity index (χ1) is 8.00. The highest BCUT2D eigenvalue weighted by Gasteiger charge is 2.20. The van der Waals surface area contributed by atoms with Gasteiger partial charge in [-0.1, -0.05) is 19.9 Å². The summed E-state index contributed by atoms with van der Waals surface area (Å²) in [5.74, 6) is 0. The first kappa shape index (κ1) is 14.9. The maximum atomic E-state index is 10.2. The molecule has 1 rings (SSSR count). The Labute approximate surface area is 117 Å². The van der Waals surface area contributed by atoms with Crippen molar-refractivity contribution in [3.63, 3.8) is 0 Å². The van der Waals surface area contributed by atoms with Crippen molar-refractivity contribution in [1.29, 1.82) is 0 Å². The summed E-state index contributed by atoms with van der Waals surface area (Å²) in [4.78, 5) is 1.30. The van der Waals surface area contributed by atoms with Crippen LogP contribution in [0.2, 0.25) is 0 Å². The van der Waals surface area contributed by atoms with Gasteiger partial charge in [0.25, 0.3) is 0 Å². The summed E-state index contributed by atoms with van der Waals surface area (Å²) in [7, 11) is 0. The van der Waals surface area contributed by atoms with Crippen LogP contribution in [0.15, 0.2) is 22.0 Å². The molecular formula is C14H21BrOS. The average molecular weight is 317 g/mol. The van der Waals surface area contributed by atoms with Crippen molar-refractivity contribution in [2.24, 2.45) is 0 Å². The third kappa shape index (κ3) is 4.57. The van der Waals surface area contributed by atoms with E-state index in [4.69, 9.17) is 0 Å². The minimum absolute atomic E-state index is 0.479. The number of thiophene rings is 1. The summed E-state index contributed by atoms with van der Waals surface area (Å²) in [6.07, 6.45) is 5.69. The first-order valence-electron chi connectivity index (χ1n) is 6.15. The Bertz CT molecular complexity index is 377. The van der Waals surface area contributed by atoms with Gasteiger partial charge in [-0.3, -0.25) is 0 Å². The average Bonchev–Trinajstić information content (AvgIpc) is 2.75. The second-order valence-electron chi connectivity index (χ2n) is 4.46. The van der Waals surface area contributed by atoms with Crippen LogP contribution in [0.3, 0.4) is 0 Å². The normalized spacial score (nSPS) is 13.1. The Hall–Kier alpha value is -0.120. The molecule has 0 spiro atoms. The molecule has 0 saturated heterocycles. The minimum Gasteiger partial charge on any atom is -0.390 e. The Morgan fingerprint density at radius 3 is 2.53 bits per heavy atom. The second kappa shape index (κ2) is 6.72. The summed E-state index contributed by atoms with van der Waals surface area (Å²) in [6.45, 7) is 6.24. The highest BCUT2D eigenvalue weighted by Crippen LogP contribution is 2.29. The van der Waals surface area contributed by atoms with Crippen molar-refractivity contribution in [2.75, 3.05) is 0 Å². The van der Waals surface area contributed by atoms with Crippen LogP contribution in [0.4, 0.5) is 0 Å². The molecule has 0 saturated carbocycles. The zero-order chi connectivity index (χ0) is 12.9. The number of halogens is 1. The van der Waals surface area contributed by atoms with E-state index in [0.29, 0.717) is 0 Å². The Kier molecular flexibility index (Phi) is 5.90. The number of allylic oxidation sites excluding steroid dienone is 2. The van der Waals surface area contributed by atoms with Gasteiger partial charge in [-0.05, 0) is 66.2 Å². The number of hydrogen-bond donors (Lipinski definition) is 1. The van der Waals surface area contributed by atoms with E-state index in [9.17, 15) is 5.11 Å². The van der Waals surface area contributed by atoms with Crippen LogP contribution in [0.1, 0.15) is 51.3 Å². The third-order valence-electron chi connectivity index (χ3n) is 3.34. The molecular weight excluding hydrogens is 296 g/mol. The summed E-state index contributed by atoms with van der Waals surface area (Å²) in [5.41, 5.74) is 0.822. The molecule has 0 unspecified atom stereocenters. The van der Waals surface area contributed by atoms with Gasteiger partial charge in [-0.2, -0.15) is 0 Å². The fourth-order valence-corrected chi connectivity index (χ4v) is 3.17. The van der Waals surface area contributed by atoms with Crippen molar-refractivity contribution >= 4 is 32.8 Å². The molecule has 1 aromatic heterocycles. The SMILES string of the molecule is CCC(O)(CC)CC/C=C(\C)c1ccc(Br)s1. The predicted octanol–water partition coefficient (Wildman–Crippen LogP) is 5.25. The number of hydrogen-bond acceptors (Lipinski definition) is 2. The lowest BCUT2D eigenvalue weighted by Crippen LogP contribution is -2.25. The van der Waals surface area contributed by atoms with E-state index in [1.165, 1.54) is 14.2 Å². The van der Waals surface area contributed by atoms with E-state index < -0.39 is 5.60 Å². The molecule has 96 valence electrons. The molecule has 0 fully saturated rings. The van der Waals surface area contributed by atoms with Crippen molar-refractivity contribution in [1.82, 2.24) is 0 Å². The van der Waals surface area contributed by atoms with Gasteiger partial charge in [0, 0.05) is 4.88 Å². The van der Waals surface area contributed by atoms with Crippen LogP contribution < -0.4 is 0 Å². The quantitative estimate of drug-likeness (QED) is 0.760. The fourth-order valence-electron chi connectivity index (χ4n) is 1.79. The summed E-state index contributed by atoms with van der Waals surface area (Å²) < 4.78 is 1.17. The zero-order valence-electron chi connectivity index (χ0n) is 10.8. The molecule has 0 amide bonds. The monoisotopic (exact) mass is 316 g/mol. The van der Waals surface area contributed by atoms with Gasteiger partial charge in [0.2, 0.25) is 0 Å².